The molecular formula is C18H29BrN2. The molecule has 2 nitrogen and oxygen atoms in total. The SMILES string of the molecule is CCC(C)C1CN(c2ccc(Br)c(C)c2)C(C(C)C)CN1. The van der Waals surface area contributed by atoms with Crippen LogP contribution in [0.4, 0.5) is 5.69 Å². The quantitative estimate of drug-likeness (QED) is 0.851. The van der Waals surface area contributed by atoms with Crippen LogP contribution in [0.25, 0.3) is 0 Å². The summed E-state index contributed by atoms with van der Waals surface area (Å²) in [5.41, 5.74) is 2.68. The van der Waals surface area contributed by atoms with Crippen molar-refractivity contribution < 1.29 is 0 Å². The summed E-state index contributed by atoms with van der Waals surface area (Å²) in [5, 5.41) is 3.78. The average molecular weight is 353 g/mol. The van der Waals surface area contributed by atoms with Crippen molar-refractivity contribution in [1.29, 1.82) is 0 Å². The van der Waals surface area contributed by atoms with Gasteiger partial charge in [0.1, 0.15) is 0 Å². The second-order valence-corrected chi connectivity index (χ2v) is 7.65. The number of rotatable bonds is 4. The van der Waals surface area contributed by atoms with E-state index >= 15 is 0 Å². The summed E-state index contributed by atoms with van der Waals surface area (Å²) in [6.07, 6.45) is 1.23. The molecule has 1 N–H and O–H groups in total. The Labute approximate surface area is 138 Å². The molecule has 1 aromatic rings. The number of halogens is 1. The Bertz CT molecular complexity index is 472. The second-order valence-electron chi connectivity index (χ2n) is 6.80. The Morgan fingerprint density at radius 3 is 2.62 bits per heavy atom. The van der Waals surface area contributed by atoms with E-state index in [0.29, 0.717) is 18.0 Å². The normalized spacial score (nSPS) is 24.4. The van der Waals surface area contributed by atoms with Crippen molar-refractivity contribution in [2.45, 2.75) is 53.1 Å². The van der Waals surface area contributed by atoms with Gasteiger partial charge in [-0.15, -0.1) is 0 Å². The molecule has 1 heterocycles. The van der Waals surface area contributed by atoms with E-state index in [1.807, 2.05) is 0 Å². The number of nitrogens with one attached hydrogen (secondary N) is 1. The lowest BCUT2D eigenvalue weighted by molar-refractivity contribution is 0.281. The van der Waals surface area contributed by atoms with Gasteiger partial charge < -0.3 is 10.2 Å². The summed E-state index contributed by atoms with van der Waals surface area (Å²) < 4.78 is 1.20. The van der Waals surface area contributed by atoms with Gasteiger partial charge in [0, 0.05) is 35.3 Å². The summed E-state index contributed by atoms with van der Waals surface area (Å²) in [5.74, 6) is 1.37. The topological polar surface area (TPSA) is 15.3 Å². The zero-order valence-electron chi connectivity index (χ0n) is 14.0. The predicted molar refractivity (Wildman–Crippen MR) is 96.1 cm³/mol. The van der Waals surface area contributed by atoms with Crippen LogP contribution >= 0.6 is 15.9 Å². The van der Waals surface area contributed by atoms with E-state index in [-0.39, 0.29) is 0 Å². The molecule has 21 heavy (non-hydrogen) atoms. The highest BCUT2D eigenvalue weighted by atomic mass is 79.9. The summed E-state index contributed by atoms with van der Waals surface area (Å²) >= 11 is 3.61. The zero-order valence-corrected chi connectivity index (χ0v) is 15.6. The Kier molecular flexibility index (Phi) is 5.73. The van der Waals surface area contributed by atoms with Gasteiger partial charge in [0.2, 0.25) is 0 Å². The van der Waals surface area contributed by atoms with Crippen LogP contribution in [-0.2, 0) is 0 Å². The van der Waals surface area contributed by atoms with Crippen LogP contribution in [0, 0.1) is 18.8 Å². The van der Waals surface area contributed by atoms with Crippen LogP contribution in [0.3, 0.4) is 0 Å². The largest absolute Gasteiger partial charge is 0.365 e. The highest BCUT2D eigenvalue weighted by Crippen LogP contribution is 2.29. The maximum atomic E-state index is 3.78. The first-order valence-corrected chi connectivity index (χ1v) is 8.99. The van der Waals surface area contributed by atoms with E-state index < -0.39 is 0 Å². The van der Waals surface area contributed by atoms with Gasteiger partial charge in [-0.1, -0.05) is 50.0 Å². The highest BCUT2D eigenvalue weighted by molar-refractivity contribution is 9.10. The average Bonchev–Trinajstić information content (AvgIpc) is 2.48. The van der Waals surface area contributed by atoms with Crippen LogP contribution < -0.4 is 10.2 Å². The van der Waals surface area contributed by atoms with E-state index in [1.54, 1.807) is 0 Å². The standard InChI is InChI=1S/C18H29BrN2/c1-6-13(4)17-11-21(18(10-20-17)12(2)3)15-7-8-16(19)14(5)9-15/h7-9,12-13,17-18,20H,6,10-11H2,1-5H3. The molecule has 0 bridgehead atoms. The highest BCUT2D eigenvalue weighted by Gasteiger charge is 2.31. The van der Waals surface area contributed by atoms with Crippen molar-refractivity contribution >= 4 is 21.6 Å². The first kappa shape index (κ1) is 16.8. The molecule has 1 fully saturated rings. The number of hydrogen-bond acceptors (Lipinski definition) is 2. The minimum atomic E-state index is 0.575. The van der Waals surface area contributed by atoms with Crippen molar-refractivity contribution in [2.75, 3.05) is 18.0 Å². The lowest BCUT2D eigenvalue weighted by Gasteiger charge is -2.45. The maximum absolute atomic E-state index is 3.78. The number of anilines is 1. The molecule has 0 aromatic heterocycles. The van der Waals surface area contributed by atoms with Crippen molar-refractivity contribution in [3.8, 4) is 0 Å². The van der Waals surface area contributed by atoms with E-state index in [0.717, 1.165) is 19.0 Å². The van der Waals surface area contributed by atoms with Gasteiger partial charge in [0.25, 0.3) is 0 Å². The fourth-order valence-electron chi connectivity index (χ4n) is 3.16. The molecule has 0 saturated carbocycles. The summed E-state index contributed by atoms with van der Waals surface area (Å²) in [7, 11) is 0. The molecule has 0 aliphatic carbocycles. The van der Waals surface area contributed by atoms with Crippen molar-refractivity contribution in [2.24, 2.45) is 11.8 Å². The molecule has 3 heteroatoms. The summed E-state index contributed by atoms with van der Waals surface area (Å²) in [6, 6.07) is 7.92. The lowest BCUT2D eigenvalue weighted by atomic mass is 9.91. The first-order chi connectivity index (χ1) is 9.93. The van der Waals surface area contributed by atoms with Crippen LogP contribution in [0.2, 0.25) is 0 Å². The van der Waals surface area contributed by atoms with Crippen LogP contribution in [-0.4, -0.2) is 25.2 Å². The molecule has 1 aliphatic rings. The second kappa shape index (κ2) is 7.15. The number of piperazine rings is 1. The molecule has 0 amide bonds. The molecule has 118 valence electrons. The Morgan fingerprint density at radius 2 is 2.05 bits per heavy atom. The maximum Gasteiger partial charge on any atom is 0.0438 e. The minimum Gasteiger partial charge on any atom is -0.365 e. The minimum absolute atomic E-state index is 0.575. The lowest BCUT2D eigenvalue weighted by Crippen LogP contribution is -2.60. The zero-order chi connectivity index (χ0) is 15.6. The van der Waals surface area contributed by atoms with Gasteiger partial charge in [-0.05, 0) is 42.5 Å². The molecule has 1 aliphatic heterocycles. The third kappa shape index (κ3) is 3.81. The van der Waals surface area contributed by atoms with Crippen molar-refractivity contribution in [3.05, 3.63) is 28.2 Å². The van der Waals surface area contributed by atoms with Crippen LogP contribution in [0.1, 0.15) is 39.7 Å². The van der Waals surface area contributed by atoms with Crippen molar-refractivity contribution in [3.63, 3.8) is 0 Å². The molecule has 0 spiro atoms. The van der Waals surface area contributed by atoms with Gasteiger partial charge in [-0.3, -0.25) is 0 Å². The Morgan fingerprint density at radius 1 is 1.33 bits per heavy atom. The van der Waals surface area contributed by atoms with E-state index in [1.165, 1.54) is 22.1 Å². The summed E-state index contributed by atoms with van der Waals surface area (Å²) in [6.45, 7) is 13.7. The van der Waals surface area contributed by atoms with E-state index in [9.17, 15) is 0 Å². The van der Waals surface area contributed by atoms with Gasteiger partial charge in [-0.25, -0.2) is 0 Å². The van der Waals surface area contributed by atoms with Gasteiger partial charge in [0.15, 0.2) is 0 Å². The number of nitrogens with zero attached hydrogens (tertiary/aromatic N) is 1. The molecule has 1 saturated heterocycles. The molecule has 3 atom stereocenters. The number of hydrogen-bond donors (Lipinski definition) is 1. The smallest absolute Gasteiger partial charge is 0.0438 e. The predicted octanol–water partition coefficient (Wildman–Crippen LogP) is 4.61. The number of aryl methyl sites for hydroxylation is 1. The van der Waals surface area contributed by atoms with Crippen LogP contribution in [0.5, 0.6) is 0 Å². The number of benzene rings is 1. The van der Waals surface area contributed by atoms with Crippen LogP contribution in [0.15, 0.2) is 22.7 Å². The molecule has 1 aromatic carbocycles. The fraction of sp³-hybridized carbons (Fsp3) is 0.667. The van der Waals surface area contributed by atoms with Gasteiger partial charge in [0.05, 0.1) is 0 Å². The van der Waals surface area contributed by atoms with E-state index in [4.69, 9.17) is 0 Å². The van der Waals surface area contributed by atoms with Crippen molar-refractivity contribution in [1.82, 2.24) is 5.32 Å². The molecule has 2 rings (SSSR count). The molecular weight excluding hydrogens is 324 g/mol. The Hall–Kier alpha value is -0.540. The third-order valence-corrected chi connectivity index (χ3v) is 5.85. The molecule has 0 radical (unpaired) electrons. The molecule has 3 unspecified atom stereocenters. The third-order valence-electron chi connectivity index (χ3n) is 4.96. The summed E-state index contributed by atoms with van der Waals surface area (Å²) in [4.78, 5) is 2.62. The first-order valence-electron chi connectivity index (χ1n) is 8.20. The van der Waals surface area contributed by atoms with Gasteiger partial charge in [-0.2, -0.15) is 0 Å². The van der Waals surface area contributed by atoms with E-state index in [2.05, 4.69) is 79.0 Å². The fourth-order valence-corrected chi connectivity index (χ4v) is 3.41. The van der Waals surface area contributed by atoms with Gasteiger partial charge >= 0.3 is 0 Å². The monoisotopic (exact) mass is 352 g/mol. The Balaban J connectivity index is 2.26.